The molecule has 2 rings (SSSR count). The summed E-state index contributed by atoms with van der Waals surface area (Å²) in [7, 11) is 0. The summed E-state index contributed by atoms with van der Waals surface area (Å²) in [6.45, 7) is 6.84. The minimum Gasteiger partial charge on any atom is -0.296 e. The minimum atomic E-state index is 0.656. The van der Waals surface area contributed by atoms with Crippen LogP contribution in [0, 0.1) is 5.92 Å². The maximum absolute atomic E-state index is 6.28. The van der Waals surface area contributed by atoms with E-state index >= 15 is 0 Å². The van der Waals surface area contributed by atoms with Crippen LogP contribution in [-0.4, -0.2) is 17.5 Å². The van der Waals surface area contributed by atoms with E-state index in [0.717, 1.165) is 22.0 Å². The summed E-state index contributed by atoms with van der Waals surface area (Å²) in [5.74, 6) is 0.790. The predicted octanol–water partition coefficient (Wildman–Crippen LogP) is 4.72. The van der Waals surface area contributed by atoms with Gasteiger partial charge in [-0.1, -0.05) is 40.5 Å². The zero-order valence-electron chi connectivity index (χ0n) is 10.4. The molecule has 2 atom stereocenters. The smallest absolute Gasteiger partial charge is 0.0462 e. The fourth-order valence-corrected chi connectivity index (χ4v) is 3.25. The Morgan fingerprint density at radius 1 is 1.41 bits per heavy atom. The molecular formula is C14H19BrClN. The lowest BCUT2D eigenvalue weighted by molar-refractivity contribution is 0.106. The van der Waals surface area contributed by atoms with E-state index in [9.17, 15) is 0 Å². The molecule has 1 aliphatic rings. The van der Waals surface area contributed by atoms with Gasteiger partial charge in [-0.15, -0.1) is 0 Å². The van der Waals surface area contributed by atoms with Crippen molar-refractivity contribution < 1.29 is 0 Å². The first-order valence-electron chi connectivity index (χ1n) is 6.26. The van der Waals surface area contributed by atoms with Gasteiger partial charge in [0.05, 0.1) is 0 Å². The molecule has 1 aliphatic heterocycles. The molecule has 0 aliphatic carbocycles. The molecule has 3 heteroatoms. The average molecular weight is 317 g/mol. The molecule has 0 bridgehead atoms. The lowest BCUT2D eigenvalue weighted by atomic mass is 9.92. The van der Waals surface area contributed by atoms with Gasteiger partial charge in [-0.2, -0.15) is 0 Å². The highest BCUT2D eigenvalue weighted by molar-refractivity contribution is 9.10. The van der Waals surface area contributed by atoms with Gasteiger partial charge in [0.1, 0.15) is 0 Å². The van der Waals surface area contributed by atoms with Gasteiger partial charge in [0.2, 0.25) is 0 Å². The largest absolute Gasteiger partial charge is 0.296 e. The molecule has 0 N–H and O–H groups in total. The van der Waals surface area contributed by atoms with Gasteiger partial charge >= 0.3 is 0 Å². The van der Waals surface area contributed by atoms with Crippen molar-refractivity contribution in [1.82, 2.24) is 4.90 Å². The van der Waals surface area contributed by atoms with Crippen LogP contribution < -0.4 is 0 Å². The molecule has 1 fully saturated rings. The van der Waals surface area contributed by atoms with Gasteiger partial charge in [-0.05, 0) is 49.9 Å². The molecule has 0 spiro atoms. The Morgan fingerprint density at radius 2 is 2.18 bits per heavy atom. The highest BCUT2D eigenvalue weighted by Gasteiger charge is 2.24. The molecular weight excluding hydrogens is 298 g/mol. The topological polar surface area (TPSA) is 3.24 Å². The van der Waals surface area contributed by atoms with E-state index in [4.69, 9.17) is 11.6 Å². The molecule has 1 saturated heterocycles. The minimum absolute atomic E-state index is 0.656. The second-order valence-corrected chi connectivity index (χ2v) is 6.39. The normalized spacial score (nSPS) is 26.1. The standard InChI is InChI=1S/C14H19BrClN/c1-10-4-3-7-17(11(10)2)9-12-5-6-13(15)8-14(12)16/h5-6,8,10-11H,3-4,7,9H2,1-2H3. The monoisotopic (exact) mass is 315 g/mol. The Hall–Kier alpha value is -0.0500. The maximum Gasteiger partial charge on any atom is 0.0462 e. The zero-order chi connectivity index (χ0) is 12.4. The number of rotatable bonds is 2. The summed E-state index contributed by atoms with van der Waals surface area (Å²) in [6, 6.07) is 6.83. The number of benzene rings is 1. The molecule has 1 aromatic rings. The Labute approximate surface area is 117 Å². The fraction of sp³-hybridized carbons (Fsp3) is 0.571. The van der Waals surface area contributed by atoms with Gasteiger partial charge in [-0.25, -0.2) is 0 Å². The van der Waals surface area contributed by atoms with Crippen LogP contribution in [0.5, 0.6) is 0 Å². The van der Waals surface area contributed by atoms with Crippen molar-refractivity contribution in [2.24, 2.45) is 5.92 Å². The van der Waals surface area contributed by atoms with Crippen molar-refractivity contribution in [2.75, 3.05) is 6.54 Å². The third-order valence-corrected chi connectivity index (χ3v) is 4.74. The highest BCUT2D eigenvalue weighted by atomic mass is 79.9. The number of hydrogen-bond acceptors (Lipinski definition) is 1. The van der Waals surface area contributed by atoms with Gasteiger partial charge in [-0.3, -0.25) is 4.90 Å². The van der Waals surface area contributed by atoms with E-state index in [1.165, 1.54) is 24.9 Å². The summed E-state index contributed by atoms with van der Waals surface area (Å²) in [4.78, 5) is 2.54. The van der Waals surface area contributed by atoms with Crippen LogP contribution in [0.2, 0.25) is 5.02 Å². The maximum atomic E-state index is 6.28. The molecule has 17 heavy (non-hydrogen) atoms. The van der Waals surface area contributed by atoms with Crippen LogP contribution in [0.25, 0.3) is 0 Å². The molecule has 0 aromatic heterocycles. The van der Waals surface area contributed by atoms with E-state index in [1.807, 2.05) is 6.07 Å². The van der Waals surface area contributed by atoms with Crippen LogP contribution in [-0.2, 0) is 6.54 Å². The van der Waals surface area contributed by atoms with Gasteiger partial charge in [0, 0.05) is 22.1 Å². The Kier molecular flexibility index (Phi) is 4.51. The first kappa shape index (κ1) is 13.4. The summed E-state index contributed by atoms with van der Waals surface area (Å²) < 4.78 is 1.05. The number of halogens is 2. The van der Waals surface area contributed by atoms with E-state index in [2.05, 4.69) is 46.8 Å². The van der Waals surface area contributed by atoms with Crippen LogP contribution >= 0.6 is 27.5 Å². The van der Waals surface area contributed by atoms with E-state index in [1.54, 1.807) is 0 Å². The second kappa shape index (κ2) is 5.73. The van der Waals surface area contributed by atoms with Gasteiger partial charge in [0.25, 0.3) is 0 Å². The molecule has 1 nitrogen and oxygen atoms in total. The van der Waals surface area contributed by atoms with Crippen LogP contribution in [0.3, 0.4) is 0 Å². The van der Waals surface area contributed by atoms with Crippen LogP contribution in [0.15, 0.2) is 22.7 Å². The SMILES string of the molecule is CC1CCCN(Cc2ccc(Br)cc2Cl)C1C. The van der Waals surface area contributed by atoms with E-state index in [-0.39, 0.29) is 0 Å². The van der Waals surface area contributed by atoms with Crippen molar-refractivity contribution in [3.05, 3.63) is 33.3 Å². The van der Waals surface area contributed by atoms with Gasteiger partial charge < -0.3 is 0 Å². The van der Waals surface area contributed by atoms with Gasteiger partial charge in [0.15, 0.2) is 0 Å². The zero-order valence-corrected chi connectivity index (χ0v) is 12.8. The number of likely N-dealkylation sites (tertiary alicyclic amines) is 1. The molecule has 2 unspecified atom stereocenters. The number of nitrogens with zero attached hydrogens (tertiary/aromatic N) is 1. The predicted molar refractivity (Wildman–Crippen MR) is 77.4 cm³/mol. The van der Waals surface area contributed by atoms with Crippen molar-refractivity contribution in [2.45, 2.75) is 39.3 Å². The lowest BCUT2D eigenvalue weighted by Crippen LogP contribution is -2.41. The molecule has 0 amide bonds. The first-order valence-corrected chi connectivity index (χ1v) is 7.43. The van der Waals surface area contributed by atoms with E-state index in [0.29, 0.717) is 6.04 Å². The van der Waals surface area contributed by atoms with Crippen molar-refractivity contribution in [3.63, 3.8) is 0 Å². The Balaban J connectivity index is 2.09. The highest BCUT2D eigenvalue weighted by Crippen LogP contribution is 2.27. The van der Waals surface area contributed by atoms with Crippen LogP contribution in [0.1, 0.15) is 32.3 Å². The average Bonchev–Trinajstić information content (AvgIpc) is 2.28. The molecule has 1 aromatic carbocycles. The summed E-state index contributed by atoms with van der Waals surface area (Å²) in [5.41, 5.74) is 1.23. The summed E-state index contributed by atoms with van der Waals surface area (Å²) in [6.07, 6.45) is 2.66. The van der Waals surface area contributed by atoms with Crippen molar-refractivity contribution >= 4 is 27.5 Å². The third kappa shape index (κ3) is 3.24. The molecule has 94 valence electrons. The Morgan fingerprint density at radius 3 is 2.88 bits per heavy atom. The molecule has 1 heterocycles. The second-order valence-electron chi connectivity index (χ2n) is 5.07. The Bertz CT molecular complexity index is 394. The lowest BCUT2D eigenvalue weighted by Gasteiger charge is -2.38. The summed E-state index contributed by atoms with van der Waals surface area (Å²) >= 11 is 9.72. The van der Waals surface area contributed by atoms with Crippen molar-refractivity contribution in [1.29, 1.82) is 0 Å². The van der Waals surface area contributed by atoms with Crippen molar-refractivity contribution in [3.8, 4) is 0 Å². The first-order chi connectivity index (χ1) is 8.08. The fourth-order valence-electron chi connectivity index (χ4n) is 2.51. The van der Waals surface area contributed by atoms with E-state index < -0.39 is 0 Å². The summed E-state index contributed by atoms with van der Waals surface area (Å²) in [5, 5.41) is 0.866. The third-order valence-electron chi connectivity index (χ3n) is 3.89. The molecule has 0 radical (unpaired) electrons. The quantitative estimate of drug-likeness (QED) is 0.763. The number of hydrogen-bond donors (Lipinski definition) is 0. The van der Waals surface area contributed by atoms with Crippen LogP contribution in [0.4, 0.5) is 0 Å². The molecule has 0 saturated carbocycles. The number of piperidine rings is 1.